The summed E-state index contributed by atoms with van der Waals surface area (Å²) in [6.07, 6.45) is 8.56. The first-order valence-corrected chi connectivity index (χ1v) is 6.43. The second-order valence-electron chi connectivity index (χ2n) is 4.55. The van der Waals surface area contributed by atoms with Crippen LogP contribution in [0.1, 0.15) is 5.69 Å². The predicted molar refractivity (Wildman–Crippen MR) is 87.3 cm³/mol. The lowest BCUT2D eigenvalue weighted by Gasteiger charge is -2.09. The normalized spacial score (nSPS) is 16.3. The van der Waals surface area contributed by atoms with Gasteiger partial charge in [-0.1, -0.05) is 18.2 Å². The molecule has 7 heteroatoms. The number of imidazole rings is 1. The lowest BCUT2D eigenvalue weighted by Crippen LogP contribution is -2.41. The Balaban J connectivity index is 0.00000110. The molecule has 2 N–H and O–H groups in total. The third kappa shape index (κ3) is 4.20. The zero-order chi connectivity index (χ0) is 13.1. The average molecular weight is 329 g/mol. The molecule has 1 atom stereocenters. The fourth-order valence-electron chi connectivity index (χ4n) is 2.18. The number of hydrogen-bond acceptors (Lipinski definition) is 3. The maximum atomic E-state index is 11.8. The van der Waals surface area contributed by atoms with Gasteiger partial charge in [-0.3, -0.25) is 10.1 Å². The smallest absolute Gasteiger partial charge is 0.241 e. The van der Waals surface area contributed by atoms with Crippen molar-refractivity contribution in [2.24, 2.45) is 0 Å². The van der Waals surface area contributed by atoms with Gasteiger partial charge in [-0.2, -0.15) is 0 Å². The number of nitrogens with one attached hydrogen (secondary N) is 2. The van der Waals surface area contributed by atoms with Crippen LogP contribution < -0.4 is 10.6 Å². The molecule has 0 fully saturated rings. The van der Waals surface area contributed by atoms with Crippen molar-refractivity contribution in [3.63, 3.8) is 0 Å². The zero-order valence-corrected chi connectivity index (χ0v) is 13.0. The largest absolute Gasteiger partial charge is 0.354 e. The van der Waals surface area contributed by atoms with Gasteiger partial charge in [0.1, 0.15) is 11.7 Å². The molecule has 3 rings (SSSR count). The second-order valence-corrected chi connectivity index (χ2v) is 4.55. The van der Waals surface area contributed by atoms with Gasteiger partial charge in [0, 0.05) is 31.9 Å². The Morgan fingerprint density at radius 2 is 2.29 bits per heavy atom. The number of hydrogen-bond donors (Lipinski definition) is 2. The van der Waals surface area contributed by atoms with Crippen molar-refractivity contribution in [1.29, 1.82) is 0 Å². The Morgan fingerprint density at radius 1 is 1.43 bits per heavy atom. The number of pyridine rings is 1. The van der Waals surface area contributed by atoms with Gasteiger partial charge in [0.05, 0.1) is 5.69 Å². The van der Waals surface area contributed by atoms with E-state index in [2.05, 4.69) is 15.6 Å². The van der Waals surface area contributed by atoms with E-state index < -0.39 is 0 Å². The summed E-state index contributed by atoms with van der Waals surface area (Å²) >= 11 is 0. The van der Waals surface area contributed by atoms with Crippen LogP contribution in [0.2, 0.25) is 0 Å². The van der Waals surface area contributed by atoms with Crippen molar-refractivity contribution in [1.82, 2.24) is 20.0 Å². The lowest BCUT2D eigenvalue weighted by atomic mass is 10.3. The summed E-state index contributed by atoms with van der Waals surface area (Å²) in [5.74, 6) is 0.0255. The van der Waals surface area contributed by atoms with Crippen molar-refractivity contribution < 1.29 is 4.79 Å². The highest BCUT2D eigenvalue weighted by Crippen LogP contribution is 2.04. The lowest BCUT2D eigenvalue weighted by molar-refractivity contribution is -0.121. The van der Waals surface area contributed by atoms with Crippen molar-refractivity contribution in [3.05, 3.63) is 48.4 Å². The Labute approximate surface area is 135 Å². The molecule has 2 aromatic rings. The number of carbonyl (C=O) groups is 1. The van der Waals surface area contributed by atoms with Crippen molar-refractivity contribution in [3.8, 4) is 0 Å². The van der Waals surface area contributed by atoms with Crippen LogP contribution in [-0.2, 0) is 11.2 Å². The van der Waals surface area contributed by atoms with Gasteiger partial charge in [0.2, 0.25) is 5.91 Å². The Kier molecular flexibility index (Phi) is 6.68. The van der Waals surface area contributed by atoms with Crippen molar-refractivity contribution in [2.75, 3.05) is 13.1 Å². The molecule has 0 aromatic carbocycles. The molecule has 0 bridgehead atoms. The highest BCUT2D eigenvalue weighted by Gasteiger charge is 2.16. The minimum absolute atomic E-state index is 0. The first kappa shape index (κ1) is 17.5. The standard InChI is InChI=1S/C14H16N4O.2ClH/c19-14(12-4-3-7-15-12)16-8-6-11-10-18-9-2-1-5-13(18)17-11;;/h1-5,9-10,12,15H,6-8H2,(H,16,19);2*1H. The molecule has 0 aliphatic carbocycles. The molecule has 0 radical (unpaired) electrons. The van der Waals surface area contributed by atoms with Crippen molar-refractivity contribution in [2.45, 2.75) is 12.5 Å². The van der Waals surface area contributed by atoms with Crippen LogP contribution in [0.15, 0.2) is 42.7 Å². The zero-order valence-electron chi connectivity index (χ0n) is 11.4. The number of carbonyl (C=O) groups excluding carboxylic acids is 1. The van der Waals surface area contributed by atoms with E-state index in [0.717, 1.165) is 24.3 Å². The monoisotopic (exact) mass is 328 g/mol. The predicted octanol–water partition coefficient (Wildman–Crippen LogP) is 1.36. The number of rotatable bonds is 4. The molecule has 0 saturated heterocycles. The molecule has 3 heterocycles. The number of nitrogens with zero attached hydrogens (tertiary/aromatic N) is 2. The van der Waals surface area contributed by atoms with Gasteiger partial charge in [0.25, 0.3) is 0 Å². The summed E-state index contributed by atoms with van der Waals surface area (Å²) in [4.78, 5) is 16.2. The number of aromatic nitrogens is 2. The van der Waals surface area contributed by atoms with Gasteiger partial charge in [-0.25, -0.2) is 4.98 Å². The summed E-state index contributed by atoms with van der Waals surface area (Å²) in [6.45, 7) is 1.37. The minimum Gasteiger partial charge on any atom is -0.354 e. The molecule has 0 spiro atoms. The van der Waals surface area contributed by atoms with Crippen LogP contribution in [0, 0.1) is 0 Å². The van der Waals surface area contributed by atoms with Gasteiger partial charge in [-0.05, 0) is 12.1 Å². The molecular formula is C14H18Cl2N4O. The fourth-order valence-corrected chi connectivity index (χ4v) is 2.18. The molecular weight excluding hydrogens is 311 g/mol. The van der Waals surface area contributed by atoms with Crippen LogP contribution in [0.5, 0.6) is 0 Å². The maximum absolute atomic E-state index is 11.8. The van der Waals surface area contributed by atoms with Crippen LogP contribution in [0.25, 0.3) is 5.65 Å². The number of amides is 1. The Bertz CT molecular complexity index is 593. The molecule has 5 nitrogen and oxygen atoms in total. The van der Waals surface area contributed by atoms with E-state index in [9.17, 15) is 4.79 Å². The molecule has 1 unspecified atom stereocenters. The third-order valence-corrected chi connectivity index (χ3v) is 3.16. The van der Waals surface area contributed by atoms with E-state index in [4.69, 9.17) is 0 Å². The van der Waals surface area contributed by atoms with E-state index in [0.29, 0.717) is 6.54 Å². The van der Waals surface area contributed by atoms with E-state index in [1.165, 1.54) is 0 Å². The number of halogens is 2. The van der Waals surface area contributed by atoms with Crippen LogP contribution in [0.4, 0.5) is 0 Å². The van der Waals surface area contributed by atoms with E-state index in [1.54, 1.807) is 0 Å². The SMILES string of the molecule is Cl.Cl.O=C(NCCc1cn2ccccc2n1)C1C=CCN1. The van der Waals surface area contributed by atoms with Crippen LogP contribution in [0.3, 0.4) is 0 Å². The van der Waals surface area contributed by atoms with Gasteiger partial charge in [0.15, 0.2) is 0 Å². The summed E-state index contributed by atoms with van der Waals surface area (Å²) in [5, 5.41) is 6.00. The van der Waals surface area contributed by atoms with Crippen LogP contribution >= 0.6 is 24.8 Å². The molecule has 0 saturated carbocycles. The molecule has 1 aliphatic heterocycles. The summed E-state index contributed by atoms with van der Waals surface area (Å²) in [7, 11) is 0. The summed E-state index contributed by atoms with van der Waals surface area (Å²) < 4.78 is 1.98. The summed E-state index contributed by atoms with van der Waals surface area (Å²) in [5.41, 5.74) is 1.92. The summed E-state index contributed by atoms with van der Waals surface area (Å²) in [6, 6.07) is 5.72. The fraction of sp³-hybridized carbons (Fsp3) is 0.286. The highest BCUT2D eigenvalue weighted by atomic mass is 35.5. The topological polar surface area (TPSA) is 58.4 Å². The number of fused-ring (bicyclic) bond motifs is 1. The van der Waals surface area contributed by atoms with Gasteiger partial charge >= 0.3 is 0 Å². The molecule has 114 valence electrons. The molecule has 21 heavy (non-hydrogen) atoms. The minimum atomic E-state index is -0.180. The van der Waals surface area contributed by atoms with Gasteiger partial charge in [-0.15, -0.1) is 24.8 Å². The molecule has 1 amide bonds. The van der Waals surface area contributed by atoms with Crippen molar-refractivity contribution >= 4 is 36.4 Å². The highest BCUT2D eigenvalue weighted by molar-refractivity contribution is 5.85. The Morgan fingerprint density at radius 3 is 3.00 bits per heavy atom. The average Bonchev–Trinajstić information content (AvgIpc) is 3.07. The Hall–Kier alpha value is -1.56. The second kappa shape index (κ2) is 8.02. The van der Waals surface area contributed by atoms with E-state index in [1.807, 2.05) is 47.1 Å². The van der Waals surface area contributed by atoms with Gasteiger partial charge < -0.3 is 9.72 Å². The van der Waals surface area contributed by atoms with E-state index >= 15 is 0 Å². The maximum Gasteiger partial charge on any atom is 0.241 e. The first-order chi connectivity index (χ1) is 9.33. The molecule has 1 aliphatic rings. The van der Waals surface area contributed by atoms with Crippen LogP contribution in [-0.4, -0.2) is 34.4 Å². The molecule has 2 aromatic heterocycles. The third-order valence-electron chi connectivity index (χ3n) is 3.16. The first-order valence-electron chi connectivity index (χ1n) is 6.43. The van der Waals surface area contributed by atoms with E-state index in [-0.39, 0.29) is 36.8 Å². The quantitative estimate of drug-likeness (QED) is 0.833.